The van der Waals surface area contributed by atoms with E-state index in [-0.39, 0.29) is 25.1 Å². The Hall–Kier alpha value is -1.30. The van der Waals surface area contributed by atoms with Crippen molar-refractivity contribution >= 4 is 12.0 Å². The quantitative estimate of drug-likeness (QED) is 0.742. The summed E-state index contributed by atoms with van der Waals surface area (Å²) in [7, 11) is 1.60. The highest BCUT2D eigenvalue weighted by atomic mass is 16.5. The van der Waals surface area contributed by atoms with Gasteiger partial charge in [-0.25, -0.2) is 4.79 Å². The maximum Gasteiger partial charge on any atom is 0.317 e. The molecule has 1 aliphatic heterocycles. The molecule has 0 radical (unpaired) electrons. The van der Waals surface area contributed by atoms with Gasteiger partial charge in [-0.3, -0.25) is 4.79 Å². The van der Waals surface area contributed by atoms with E-state index in [4.69, 9.17) is 9.84 Å². The maximum atomic E-state index is 11.7. The summed E-state index contributed by atoms with van der Waals surface area (Å²) in [5.41, 5.74) is 0. The van der Waals surface area contributed by atoms with Gasteiger partial charge in [-0.1, -0.05) is 6.92 Å². The van der Waals surface area contributed by atoms with Crippen LogP contribution in [0.1, 0.15) is 26.2 Å². The van der Waals surface area contributed by atoms with Crippen LogP contribution in [0.25, 0.3) is 0 Å². The van der Waals surface area contributed by atoms with Crippen molar-refractivity contribution in [3.8, 4) is 0 Å². The van der Waals surface area contributed by atoms with Crippen LogP contribution >= 0.6 is 0 Å². The van der Waals surface area contributed by atoms with Crippen molar-refractivity contribution in [3.63, 3.8) is 0 Å². The molecule has 0 aliphatic carbocycles. The Morgan fingerprint density at radius 3 is 2.83 bits per heavy atom. The predicted octanol–water partition coefficient (Wildman–Crippen LogP) is 0.918. The van der Waals surface area contributed by atoms with E-state index in [1.165, 1.54) is 4.90 Å². The highest BCUT2D eigenvalue weighted by Crippen LogP contribution is 2.22. The molecule has 0 aromatic rings. The van der Waals surface area contributed by atoms with Gasteiger partial charge in [0.05, 0.1) is 12.5 Å². The molecular weight excluding hydrogens is 236 g/mol. The Balaban J connectivity index is 2.25. The van der Waals surface area contributed by atoms with Crippen LogP contribution in [0, 0.1) is 5.92 Å². The van der Waals surface area contributed by atoms with Gasteiger partial charge in [0.2, 0.25) is 0 Å². The van der Waals surface area contributed by atoms with Crippen molar-refractivity contribution in [3.05, 3.63) is 0 Å². The average molecular weight is 258 g/mol. The van der Waals surface area contributed by atoms with Crippen LogP contribution in [-0.4, -0.2) is 54.9 Å². The maximum absolute atomic E-state index is 11.7. The lowest BCUT2D eigenvalue weighted by atomic mass is 10.00. The summed E-state index contributed by atoms with van der Waals surface area (Å²) < 4.78 is 5.54. The molecule has 1 aliphatic rings. The zero-order chi connectivity index (χ0) is 13.5. The van der Waals surface area contributed by atoms with E-state index < -0.39 is 5.97 Å². The molecule has 0 spiro atoms. The van der Waals surface area contributed by atoms with E-state index in [2.05, 4.69) is 12.2 Å². The third-order valence-corrected chi connectivity index (χ3v) is 3.27. The molecule has 2 N–H and O–H groups in total. The number of rotatable bonds is 6. The molecule has 6 heteroatoms. The molecule has 1 fully saturated rings. The Bertz CT molecular complexity index is 296. The molecule has 1 heterocycles. The van der Waals surface area contributed by atoms with Crippen LogP contribution in [0.5, 0.6) is 0 Å². The van der Waals surface area contributed by atoms with Crippen LogP contribution in [0.4, 0.5) is 4.79 Å². The van der Waals surface area contributed by atoms with Gasteiger partial charge in [-0.05, 0) is 12.8 Å². The number of carboxylic acids is 1. The van der Waals surface area contributed by atoms with Crippen LogP contribution in [0.2, 0.25) is 0 Å². The molecule has 18 heavy (non-hydrogen) atoms. The lowest BCUT2D eigenvalue weighted by molar-refractivity contribution is -0.137. The fourth-order valence-corrected chi connectivity index (χ4v) is 2.10. The Morgan fingerprint density at radius 2 is 2.22 bits per heavy atom. The van der Waals surface area contributed by atoms with Gasteiger partial charge < -0.3 is 20.1 Å². The van der Waals surface area contributed by atoms with Crippen LogP contribution in [0.15, 0.2) is 0 Å². The van der Waals surface area contributed by atoms with Crippen molar-refractivity contribution in [2.75, 3.05) is 26.7 Å². The third-order valence-electron chi connectivity index (χ3n) is 3.27. The van der Waals surface area contributed by atoms with Gasteiger partial charge in [0.25, 0.3) is 0 Å². The monoisotopic (exact) mass is 258 g/mol. The minimum atomic E-state index is -0.898. The smallest absolute Gasteiger partial charge is 0.317 e. The van der Waals surface area contributed by atoms with E-state index in [0.717, 1.165) is 19.4 Å². The molecule has 6 nitrogen and oxygen atoms in total. The Labute approximate surface area is 107 Å². The van der Waals surface area contributed by atoms with E-state index in [9.17, 15) is 9.59 Å². The molecule has 0 aromatic heterocycles. The largest absolute Gasteiger partial charge is 0.481 e. The number of nitrogens with zero attached hydrogens (tertiary/aromatic N) is 1. The molecule has 0 aromatic carbocycles. The van der Waals surface area contributed by atoms with Gasteiger partial charge >= 0.3 is 12.0 Å². The lowest BCUT2D eigenvalue weighted by Crippen LogP contribution is -2.41. The first-order valence-corrected chi connectivity index (χ1v) is 6.37. The molecule has 1 saturated heterocycles. The van der Waals surface area contributed by atoms with Gasteiger partial charge in [-0.15, -0.1) is 0 Å². The number of carboxylic acid groups (broad SMARTS) is 1. The number of urea groups is 1. The van der Waals surface area contributed by atoms with Crippen LogP contribution in [-0.2, 0) is 9.53 Å². The third kappa shape index (κ3) is 4.52. The molecule has 1 rings (SSSR count). The summed E-state index contributed by atoms with van der Waals surface area (Å²) in [5, 5.41) is 11.4. The number of aliphatic carboxylic acids is 1. The number of hydrogen-bond acceptors (Lipinski definition) is 3. The van der Waals surface area contributed by atoms with Crippen LogP contribution in [0.3, 0.4) is 0 Å². The van der Waals surface area contributed by atoms with E-state index in [1.807, 2.05) is 0 Å². The highest BCUT2D eigenvalue weighted by Gasteiger charge is 2.27. The van der Waals surface area contributed by atoms with Crippen molar-refractivity contribution in [2.45, 2.75) is 32.3 Å². The number of carbonyl (C=O) groups is 2. The second-order valence-corrected chi connectivity index (χ2v) is 4.62. The number of carbonyl (C=O) groups excluding carboxylic acids is 1. The summed E-state index contributed by atoms with van der Waals surface area (Å²) in [6.07, 6.45) is 2.12. The van der Waals surface area contributed by atoms with Crippen molar-refractivity contribution < 1.29 is 19.4 Å². The zero-order valence-electron chi connectivity index (χ0n) is 11.0. The first-order valence-electron chi connectivity index (χ1n) is 6.37. The summed E-state index contributed by atoms with van der Waals surface area (Å²) in [5.74, 6) is -0.531. The second-order valence-electron chi connectivity index (χ2n) is 4.62. The van der Waals surface area contributed by atoms with Gasteiger partial charge in [0.1, 0.15) is 0 Å². The normalized spacial score (nSPS) is 22.8. The minimum absolute atomic E-state index is 0.0337. The molecule has 0 bridgehead atoms. The number of hydrogen-bond donors (Lipinski definition) is 2. The van der Waals surface area contributed by atoms with E-state index >= 15 is 0 Å². The van der Waals surface area contributed by atoms with E-state index in [0.29, 0.717) is 12.5 Å². The molecular formula is C12H22N2O4. The second kappa shape index (κ2) is 7.20. The van der Waals surface area contributed by atoms with E-state index in [1.54, 1.807) is 7.05 Å². The topological polar surface area (TPSA) is 78.9 Å². The zero-order valence-corrected chi connectivity index (χ0v) is 11.0. The summed E-state index contributed by atoms with van der Waals surface area (Å²) in [4.78, 5) is 23.5. The first kappa shape index (κ1) is 14.8. The van der Waals surface area contributed by atoms with Gasteiger partial charge in [0.15, 0.2) is 0 Å². The van der Waals surface area contributed by atoms with Crippen molar-refractivity contribution in [1.29, 1.82) is 0 Å². The Morgan fingerprint density at radius 1 is 1.50 bits per heavy atom. The summed E-state index contributed by atoms with van der Waals surface area (Å²) in [6, 6.07) is -0.224. The van der Waals surface area contributed by atoms with Crippen molar-refractivity contribution in [2.24, 2.45) is 5.92 Å². The summed E-state index contributed by atoms with van der Waals surface area (Å²) in [6.45, 7) is 3.64. The number of amides is 2. The average Bonchev–Trinajstić information content (AvgIpc) is 2.80. The number of ether oxygens (including phenoxy) is 1. The molecule has 2 amide bonds. The Kier molecular flexibility index (Phi) is 5.91. The SMILES string of the molecule is CCC1OCCC1CNC(=O)N(C)CCC(=O)O. The highest BCUT2D eigenvalue weighted by molar-refractivity contribution is 5.74. The van der Waals surface area contributed by atoms with Gasteiger partial charge in [0, 0.05) is 32.7 Å². The van der Waals surface area contributed by atoms with Crippen molar-refractivity contribution in [1.82, 2.24) is 10.2 Å². The number of nitrogens with one attached hydrogen (secondary N) is 1. The molecule has 0 saturated carbocycles. The minimum Gasteiger partial charge on any atom is -0.481 e. The van der Waals surface area contributed by atoms with Gasteiger partial charge in [-0.2, -0.15) is 0 Å². The van der Waals surface area contributed by atoms with Crippen LogP contribution < -0.4 is 5.32 Å². The first-order chi connectivity index (χ1) is 8.54. The lowest BCUT2D eigenvalue weighted by Gasteiger charge is -2.21. The molecule has 104 valence electrons. The molecule has 2 atom stereocenters. The standard InChI is InChI=1S/C12H22N2O4/c1-3-10-9(5-7-18-10)8-13-12(17)14(2)6-4-11(15)16/h9-10H,3-8H2,1-2H3,(H,13,17)(H,15,16). The fourth-order valence-electron chi connectivity index (χ4n) is 2.10. The fraction of sp³-hybridized carbons (Fsp3) is 0.833. The summed E-state index contributed by atoms with van der Waals surface area (Å²) >= 11 is 0. The molecule has 2 unspecified atom stereocenters. The predicted molar refractivity (Wildman–Crippen MR) is 66.4 cm³/mol.